The lowest BCUT2D eigenvalue weighted by Crippen LogP contribution is -2.33. The first-order chi connectivity index (χ1) is 13.6. The summed E-state index contributed by atoms with van der Waals surface area (Å²) in [4.78, 5) is 39.4. The fourth-order valence-corrected chi connectivity index (χ4v) is 4.02. The van der Waals surface area contributed by atoms with Gasteiger partial charge in [-0.2, -0.15) is 0 Å². The standard InChI is InChI=1S/C19H25N7O2.2ClH/c1-21-19-23-13-9-12-14(24-18(20)26-17(12)28)11(15(13)25-19)7-8-22-16(27)10-5-3-2-4-6-10;;/h9-10H,2-8H2,1H3,(H,22,27)(H2,21,23,25)(H3,20,24,26,28);2*1H. The molecule has 1 saturated carbocycles. The number of nitrogens with two attached hydrogens (primary N) is 1. The van der Waals surface area contributed by atoms with Gasteiger partial charge in [0.1, 0.15) is 0 Å². The molecule has 6 N–H and O–H groups in total. The molecule has 0 saturated heterocycles. The van der Waals surface area contributed by atoms with Gasteiger partial charge in [0, 0.05) is 25.1 Å². The quantitative estimate of drug-likeness (QED) is 0.400. The highest BCUT2D eigenvalue weighted by atomic mass is 35.5. The summed E-state index contributed by atoms with van der Waals surface area (Å²) in [6.45, 7) is 0.458. The van der Waals surface area contributed by atoms with Crippen molar-refractivity contribution in [2.45, 2.75) is 38.5 Å². The number of aromatic amines is 2. The molecule has 3 aromatic rings. The van der Waals surface area contributed by atoms with Crippen LogP contribution in [-0.2, 0) is 11.2 Å². The largest absolute Gasteiger partial charge is 0.369 e. The van der Waals surface area contributed by atoms with Crippen LogP contribution < -0.4 is 21.9 Å². The van der Waals surface area contributed by atoms with E-state index in [9.17, 15) is 9.59 Å². The maximum absolute atomic E-state index is 12.4. The molecule has 0 atom stereocenters. The van der Waals surface area contributed by atoms with Gasteiger partial charge in [0.2, 0.25) is 17.8 Å². The van der Waals surface area contributed by atoms with E-state index < -0.39 is 0 Å². The van der Waals surface area contributed by atoms with Gasteiger partial charge in [-0.15, -0.1) is 24.8 Å². The predicted octanol–water partition coefficient (Wildman–Crippen LogP) is 2.51. The molecule has 0 radical (unpaired) electrons. The van der Waals surface area contributed by atoms with E-state index in [0.29, 0.717) is 29.8 Å². The van der Waals surface area contributed by atoms with Gasteiger partial charge in [0.15, 0.2) is 0 Å². The minimum absolute atomic E-state index is 0. The molecule has 11 heteroatoms. The van der Waals surface area contributed by atoms with Gasteiger partial charge < -0.3 is 21.4 Å². The van der Waals surface area contributed by atoms with Crippen molar-refractivity contribution >= 4 is 64.6 Å². The maximum atomic E-state index is 12.4. The van der Waals surface area contributed by atoms with E-state index in [-0.39, 0.29) is 48.1 Å². The summed E-state index contributed by atoms with van der Waals surface area (Å²) in [5, 5.41) is 6.46. The Morgan fingerprint density at radius 3 is 2.60 bits per heavy atom. The van der Waals surface area contributed by atoms with Crippen molar-refractivity contribution in [1.29, 1.82) is 0 Å². The number of carbonyl (C=O) groups excluding carboxylic acids is 1. The van der Waals surface area contributed by atoms with Gasteiger partial charge in [-0.25, -0.2) is 9.97 Å². The zero-order valence-electron chi connectivity index (χ0n) is 16.7. The minimum atomic E-state index is -0.294. The van der Waals surface area contributed by atoms with Gasteiger partial charge in [-0.3, -0.25) is 14.6 Å². The zero-order valence-corrected chi connectivity index (χ0v) is 18.3. The van der Waals surface area contributed by atoms with Gasteiger partial charge >= 0.3 is 0 Å². The fourth-order valence-electron chi connectivity index (χ4n) is 4.02. The SMILES string of the molecule is CNc1nc2c(CCNC(=O)C3CCCCC3)c3nc(N)[nH]c(=O)c3cc2[nH]1.Cl.Cl. The Balaban J connectivity index is 0.00000160. The molecule has 0 aliphatic heterocycles. The molecule has 0 bridgehead atoms. The number of fused-ring (bicyclic) bond motifs is 2. The third kappa shape index (κ3) is 4.62. The van der Waals surface area contributed by atoms with Crippen molar-refractivity contribution in [1.82, 2.24) is 25.3 Å². The van der Waals surface area contributed by atoms with E-state index in [4.69, 9.17) is 5.73 Å². The Hall–Kier alpha value is -2.52. The summed E-state index contributed by atoms with van der Waals surface area (Å²) < 4.78 is 0. The van der Waals surface area contributed by atoms with Crippen LogP contribution in [0.5, 0.6) is 0 Å². The van der Waals surface area contributed by atoms with Crippen LogP contribution in [0, 0.1) is 5.92 Å². The van der Waals surface area contributed by atoms with Crippen LogP contribution in [0.15, 0.2) is 10.9 Å². The van der Waals surface area contributed by atoms with Gasteiger partial charge in [0.05, 0.1) is 21.9 Å². The molecule has 2 heterocycles. The Kier molecular flexibility index (Phi) is 7.91. The van der Waals surface area contributed by atoms with E-state index in [1.165, 1.54) is 6.42 Å². The monoisotopic (exact) mass is 455 g/mol. The molecule has 9 nitrogen and oxygen atoms in total. The highest BCUT2D eigenvalue weighted by molar-refractivity contribution is 5.98. The molecule has 4 rings (SSSR count). The number of H-pyrrole nitrogens is 2. The molecule has 164 valence electrons. The zero-order chi connectivity index (χ0) is 19.7. The van der Waals surface area contributed by atoms with Crippen LogP contribution in [0.25, 0.3) is 21.9 Å². The van der Waals surface area contributed by atoms with E-state index in [2.05, 4.69) is 30.6 Å². The third-order valence-corrected chi connectivity index (χ3v) is 5.45. The Morgan fingerprint density at radius 2 is 1.90 bits per heavy atom. The van der Waals surface area contributed by atoms with Gasteiger partial charge in [-0.05, 0) is 25.3 Å². The molecular weight excluding hydrogens is 429 g/mol. The number of imidazole rings is 1. The van der Waals surface area contributed by atoms with Crippen LogP contribution in [0.3, 0.4) is 0 Å². The van der Waals surface area contributed by atoms with Crippen molar-refractivity contribution in [2.24, 2.45) is 5.92 Å². The lowest BCUT2D eigenvalue weighted by Gasteiger charge is -2.20. The molecule has 1 fully saturated rings. The summed E-state index contributed by atoms with van der Waals surface area (Å²) in [7, 11) is 1.77. The number of benzene rings is 1. The number of nitrogen functional groups attached to an aromatic ring is 1. The van der Waals surface area contributed by atoms with E-state index in [1.807, 2.05) is 0 Å². The maximum Gasteiger partial charge on any atom is 0.260 e. The molecule has 1 aliphatic carbocycles. The molecule has 1 aliphatic rings. The summed E-state index contributed by atoms with van der Waals surface area (Å²) in [5.41, 5.74) is 8.26. The number of anilines is 2. The van der Waals surface area contributed by atoms with Crippen LogP contribution in [0.2, 0.25) is 0 Å². The third-order valence-electron chi connectivity index (χ3n) is 5.45. The van der Waals surface area contributed by atoms with Gasteiger partial charge in [0.25, 0.3) is 5.56 Å². The molecule has 1 amide bonds. The fraction of sp³-hybridized carbons (Fsp3) is 0.474. The van der Waals surface area contributed by atoms with Crippen LogP contribution in [-0.4, -0.2) is 39.4 Å². The first kappa shape index (κ1) is 23.8. The Labute approximate surface area is 185 Å². The number of nitrogens with one attached hydrogen (secondary N) is 4. The molecular formula is C19H27Cl2N7O2. The first-order valence-electron chi connectivity index (χ1n) is 9.73. The molecule has 0 unspecified atom stereocenters. The van der Waals surface area contributed by atoms with Crippen molar-refractivity contribution < 1.29 is 4.79 Å². The molecule has 2 aromatic heterocycles. The topological polar surface area (TPSA) is 142 Å². The lowest BCUT2D eigenvalue weighted by atomic mass is 9.88. The number of carbonyl (C=O) groups is 1. The Morgan fingerprint density at radius 1 is 1.17 bits per heavy atom. The van der Waals surface area contributed by atoms with Crippen LogP contribution >= 0.6 is 24.8 Å². The lowest BCUT2D eigenvalue weighted by molar-refractivity contribution is -0.125. The average Bonchev–Trinajstić information content (AvgIpc) is 3.12. The summed E-state index contributed by atoms with van der Waals surface area (Å²) in [5.74, 6) is 0.884. The average molecular weight is 456 g/mol. The second kappa shape index (κ2) is 9.99. The number of rotatable bonds is 5. The molecule has 30 heavy (non-hydrogen) atoms. The number of hydrogen-bond donors (Lipinski definition) is 5. The number of halogens is 2. The Bertz CT molecular complexity index is 1090. The van der Waals surface area contributed by atoms with Crippen molar-refractivity contribution in [3.05, 3.63) is 22.0 Å². The highest BCUT2D eigenvalue weighted by Crippen LogP contribution is 2.26. The van der Waals surface area contributed by atoms with E-state index in [0.717, 1.165) is 42.3 Å². The molecule has 0 spiro atoms. The summed E-state index contributed by atoms with van der Waals surface area (Å²) in [6.07, 6.45) is 5.89. The normalized spacial score (nSPS) is 14.2. The van der Waals surface area contributed by atoms with Crippen molar-refractivity contribution in [3.8, 4) is 0 Å². The minimum Gasteiger partial charge on any atom is -0.369 e. The van der Waals surface area contributed by atoms with E-state index in [1.54, 1.807) is 13.1 Å². The highest BCUT2D eigenvalue weighted by Gasteiger charge is 2.21. The smallest absolute Gasteiger partial charge is 0.260 e. The van der Waals surface area contributed by atoms with Crippen molar-refractivity contribution in [3.63, 3.8) is 0 Å². The number of hydrogen-bond acceptors (Lipinski definition) is 6. The van der Waals surface area contributed by atoms with Crippen LogP contribution in [0.4, 0.5) is 11.9 Å². The summed E-state index contributed by atoms with van der Waals surface area (Å²) in [6, 6.07) is 1.73. The van der Waals surface area contributed by atoms with Gasteiger partial charge in [-0.1, -0.05) is 19.3 Å². The van der Waals surface area contributed by atoms with E-state index >= 15 is 0 Å². The predicted molar refractivity (Wildman–Crippen MR) is 124 cm³/mol. The number of aromatic nitrogens is 4. The second-order valence-corrected chi connectivity index (χ2v) is 7.31. The second-order valence-electron chi connectivity index (χ2n) is 7.31. The van der Waals surface area contributed by atoms with Crippen LogP contribution in [0.1, 0.15) is 37.7 Å². The van der Waals surface area contributed by atoms with Crippen molar-refractivity contribution in [2.75, 3.05) is 24.6 Å². The molecule has 1 aromatic carbocycles. The first-order valence-corrected chi connectivity index (χ1v) is 9.73. The number of amides is 1. The number of nitrogens with zero attached hydrogens (tertiary/aromatic N) is 2. The summed E-state index contributed by atoms with van der Waals surface area (Å²) >= 11 is 0.